The molecule has 1 aromatic carbocycles. The van der Waals surface area contributed by atoms with Crippen LogP contribution in [-0.4, -0.2) is 35.1 Å². The highest BCUT2D eigenvalue weighted by Gasteiger charge is 2.29. The summed E-state index contributed by atoms with van der Waals surface area (Å²) in [6.45, 7) is 12.8. The lowest BCUT2D eigenvalue weighted by atomic mass is 10.0. The Morgan fingerprint density at radius 1 is 1.18 bits per heavy atom. The van der Waals surface area contributed by atoms with Crippen LogP contribution in [0.1, 0.15) is 58.1 Å². The maximum absolute atomic E-state index is 13.0. The van der Waals surface area contributed by atoms with E-state index in [4.69, 9.17) is 4.52 Å². The highest BCUT2D eigenvalue weighted by Crippen LogP contribution is 2.35. The van der Waals surface area contributed by atoms with Gasteiger partial charge in [-0.1, -0.05) is 55.8 Å². The molecule has 1 aromatic heterocycles. The van der Waals surface area contributed by atoms with Crippen LogP contribution in [0.15, 0.2) is 28.8 Å². The van der Waals surface area contributed by atoms with Crippen LogP contribution in [0.3, 0.4) is 0 Å². The summed E-state index contributed by atoms with van der Waals surface area (Å²) >= 11 is 0. The van der Waals surface area contributed by atoms with Gasteiger partial charge in [0.15, 0.2) is 0 Å². The molecule has 28 heavy (non-hydrogen) atoms. The van der Waals surface area contributed by atoms with Crippen molar-refractivity contribution < 1.29 is 9.32 Å². The molecule has 0 bridgehead atoms. The van der Waals surface area contributed by atoms with Crippen LogP contribution >= 0.6 is 0 Å². The van der Waals surface area contributed by atoms with Crippen LogP contribution in [0.25, 0.3) is 11.3 Å². The number of carbonyl (C=O) groups excluding carboxylic acids is 1. The fourth-order valence-corrected chi connectivity index (χ4v) is 3.72. The minimum absolute atomic E-state index is 0.0353. The molecule has 2 heterocycles. The van der Waals surface area contributed by atoms with E-state index in [1.165, 1.54) is 18.4 Å². The second kappa shape index (κ2) is 8.80. The molecule has 152 valence electrons. The maximum atomic E-state index is 13.0. The topological polar surface area (TPSA) is 49.6 Å². The zero-order valence-electron chi connectivity index (χ0n) is 17.9. The van der Waals surface area contributed by atoms with Crippen LogP contribution in [-0.2, 0) is 11.3 Å². The number of aromatic nitrogens is 1. The van der Waals surface area contributed by atoms with Crippen molar-refractivity contribution in [2.45, 2.75) is 66.5 Å². The molecule has 1 fully saturated rings. The first-order valence-corrected chi connectivity index (χ1v) is 10.5. The summed E-state index contributed by atoms with van der Waals surface area (Å²) in [4.78, 5) is 17.2. The second-order valence-corrected chi connectivity index (χ2v) is 8.25. The van der Waals surface area contributed by atoms with Gasteiger partial charge in [0.25, 0.3) is 0 Å². The Bertz CT molecular complexity index is 789. The van der Waals surface area contributed by atoms with Crippen molar-refractivity contribution in [3.05, 3.63) is 35.4 Å². The first kappa shape index (κ1) is 20.4. The SMILES string of the molecule is CC[C@H](C)N(Cc1c(-c2ccc(C)cc2)noc1N1CCCC1)C(=O)C(C)C. The lowest BCUT2D eigenvalue weighted by Crippen LogP contribution is -2.40. The van der Waals surface area contributed by atoms with E-state index in [2.05, 4.69) is 55.1 Å². The average Bonchev–Trinajstić information content (AvgIpc) is 3.35. The Hall–Kier alpha value is -2.30. The fraction of sp³-hybridized carbons (Fsp3) is 0.565. The minimum atomic E-state index is -0.0353. The summed E-state index contributed by atoms with van der Waals surface area (Å²) in [6, 6.07) is 8.52. The van der Waals surface area contributed by atoms with E-state index >= 15 is 0 Å². The maximum Gasteiger partial charge on any atom is 0.232 e. The summed E-state index contributed by atoms with van der Waals surface area (Å²) in [5.74, 6) is 0.975. The van der Waals surface area contributed by atoms with Gasteiger partial charge in [0.05, 0.1) is 12.1 Å². The Morgan fingerprint density at radius 3 is 2.39 bits per heavy atom. The minimum Gasteiger partial charge on any atom is -0.340 e. The van der Waals surface area contributed by atoms with Crippen LogP contribution in [0.5, 0.6) is 0 Å². The number of rotatable bonds is 7. The molecule has 0 aliphatic carbocycles. The van der Waals surface area contributed by atoms with E-state index < -0.39 is 0 Å². The summed E-state index contributed by atoms with van der Waals surface area (Å²) in [5, 5.41) is 4.45. The lowest BCUT2D eigenvalue weighted by molar-refractivity contribution is -0.137. The first-order chi connectivity index (χ1) is 13.4. The van der Waals surface area contributed by atoms with Crippen molar-refractivity contribution in [2.75, 3.05) is 18.0 Å². The van der Waals surface area contributed by atoms with Gasteiger partial charge < -0.3 is 14.3 Å². The average molecular weight is 384 g/mol. The van der Waals surface area contributed by atoms with Crippen molar-refractivity contribution in [1.29, 1.82) is 0 Å². The van der Waals surface area contributed by atoms with Crippen LogP contribution in [0.4, 0.5) is 5.88 Å². The van der Waals surface area contributed by atoms with E-state index in [0.29, 0.717) is 6.54 Å². The fourth-order valence-electron chi connectivity index (χ4n) is 3.72. The smallest absolute Gasteiger partial charge is 0.232 e. The van der Waals surface area contributed by atoms with Gasteiger partial charge in [-0.3, -0.25) is 4.79 Å². The predicted octanol–water partition coefficient (Wildman–Crippen LogP) is 5.03. The molecule has 0 saturated carbocycles. The molecule has 1 atom stereocenters. The quantitative estimate of drug-likeness (QED) is 0.672. The third-order valence-electron chi connectivity index (χ3n) is 5.71. The third kappa shape index (κ3) is 4.23. The molecule has 1 amide bonds. The van der Waals surface area contributed by atoms with E-state index in [0.717, 1.165) is 42.2 Å². The molecule has 5 heteroatoms. The molecule has 0 spiro atoms. The molecule has 0 N–H and O–H groups in total. The van der Waals surface area contributed by atoms with Gasteiger partial charge >= 0.3 is 0 Å². The molecule has 1 saturated heterocycles. The molecule has 1 aliphatic heterocycles. The second-order valence-electron chi connectivity index (χ2n) is 8.25. The van der Waals surface area contributed by atoms with Crippen molar-refractivity contribution in [1.82, 2.24) is 10.1 Å². The summed E-state index contributed by atoms with van der Waals surface area (Å²) in [6.07, 6.45) is 3.25. The Morgan fingerprint density at radius 2 is 1.82 bits per heavy atom. The van der Waals surface area contributed by atoms with E-state index in [-0.39, 0.29) is 17.9 Å². The third-order valence-corrected chi connectivity index (χ3v) is 5.71. The van der Waals surface area contributed by atoms with Crippen molar-refractivity contribution >= 4 is 11.8 Å². The largest absolute Gasteiger partial charge is 0.340 e. The number of carbonyl (C=O) groups is 1. The van der Waals surface area contributed by atoms with Crippen LogP contribution in [0.2, 0.25) is 0 Å². The number of anilines is 1. The highest BCUT2D eigenvalue weighted by atomic mass is 16.5. The number of hydrogen-bond acceptors (Lipinski definition) is 4. The molecule has 2 aromatic rings. The van der Waals surface area contributed by atoms with E-state index in [1.807, 2.05) is 18.7 Å². The highest BCUT2D eigenvalue weighted by molar-refractivity contribution is 5.79. The van der Waals surface area contributed by atoms with Crippen molar-refractivity contribution in [3.8, 4) is 11.3 Å². The number of hydrogen-bond donors (Lipinski definition) is 0. The Labute approximate surface area is 168 Å². The monoisotopic (exact) mass is 383 g/mol. The van der Waals surface area contributed by atoms with Crippen LogP contribution in [0, 0.1) is 12.8 Å². The van der Waals surface area contributed by atoms with Gasteiger partial charge in [0, 0.05) is 30.6 Å². The molecule has 1 aliphatic rings. The number of benzene rings is 1. The molecule has 5 nitrogen and oxygen atoms in total. The Balaban J connectivity index is 2.03. The van der Waals surface area contributed by atoms with Crippen molar-refractivity contribution in [2.24, 2.45) is 5.92 Å². The summed E-state index contributed by atoms with van der Waals surface area (Å²) in [7, 11) is 0. The van der Waals surface area contributed by atoms with Crippen LogP contribution < -0.4 is 4.90 Å². The summed E-state index contributed by atoms with van der Waals surface area (Å²) in [5.41, 5.74) is 4.13. The Kier molecular flexibility index (Phi) is 6.42. The molecule has 0 radical (unpaired) electrons. The molecular weight excluding hydrogens is 350 g/mol. The van der Waals surface area contributed by atoms with Crippen molar-refractivity contribution in [3.63, 3.8) is 0 Å². The van der Waals surface area contributed by atoms with E-state index in [1.54, 1.807) is 0 Å². The zero-order valence-corrected chi connectivity index (χ0v) is 17.9. The van der Waals surface area contributed by atoms with E-state index in [9.17, 15) is 4.79 Å². The number of amides is 1. The first-order valence-electron chi connectivity index (χ1n) is 10.5. The number of aryl methyl sites for hydroxylation is 1. The normalized spacial score (nSPS) is 15.3. The molecule has 0 unspecified atom stereocenters. The zero-order chi connectivity index (χ0) is 20.3. The lowest BCUT2D eigenvalue weighted by Gasteiger charge is -2.31. The standard InChI is InChI=1S/C23H33N3O2/c1-6-18(5)26(22(27)16(2)3)15-20-21(19-11-9-17(4)10-12-19)24-28-23(20)25-13-7-8-14-25/h9-12,16,18H,6-8,13-15H2,1-5H3/t18-/m0/s1. The number of nitrogens with zero attached hydrogens (tertiary/aromatic N) is 3. The molecular formula is C23H33N3O2. The van der Waals surface area contributed by atoms with Gasteiger partial charge in [0.2, 0.25) is 11.8 Å². The van der Waals surface area contributed by atoms with Gasteiger partial charge in [-0.15, -0.1) is 0 Å². The molecule has 3 rings (SSSR count). The van der Waals surface area contributed by atoms with Gasteiger partial charge in [-0.05, 0) is 33.1 Å². The van der Waals surface area contributed by atoms with Gasteiger partial charge in [-0.2, -0.15) is 0 Å². The van der Waals surface area contributed by atoms with Gasteiger partial charge in [0.1, 0.15) is 5.69 Å². The predicted molar refractivity (Wildman–Crippen MR) is 113 cm³/mol. The van der Waals surface area contributed by atoms with Gasteiger partial charge in [-0.25, -0.2) is 0 Å². The summed E-state index contributed by atoms with van der Waals surface area (Å²) < 4.78 is 5.86.